The van der Waals surface area contributed by atoms with Gasteiger partial charge in [0, 0.05) is 23.0 Å². The van der Waals surface area contributed by atoms with E-state index in [1.165, 1.54) is 4.68 Å². The number of carbonyl (C=O) groups is 1. The van der Waals surface area contributed by atoms with E-state index >= 15 is 0 Å². The summed E-state index contributed by atoms with van der Waals surface area (Å²) in [5.41, 5.74) is 1.56. The second-order valence-electron chi connectivity index (χ2n) is 7.27. The highest BCUT2D eigenvalue weighted by atomic mass is 35.5. The molecule has 1 aliphatic carbocycles. The number of aromatic nitrogens is 3. The molecule has 7 heteroatoms. The molecule has 1 saturated carbocycles. The van der Waals surface area contributed by atoms with E-state index in [4.69, 9.17) is 16.3 Å². The molecule has 0 N–H and O–H groups in total. The van der Waals surface area contributed by atoms with Crippen molar-refractivity contribution in [2.24, 2.45) is 0 Å². The fourth-order valence-corrected chi connectivity index (χ4v) is 3.56. The van der Waals surface area contributed by atoms with Crippen LogP contribution in [0, 0.1) is 0 Å². The third kappa shape index (κ3) is 4.43. The van der Waals surface area contributed by atoms with Crippen LogP contribution >= 0.6 is 11.6 Å². The van der Waals surface area contributed by atoms with Gasteiger partial charge in [-0.15, -0.1) is 5.10 Å². The normalized spacial score (nSPS) is 13.4. The Morgan fingerprint density at radius 3 is 2.72 bits per heavy atom. The van der Waals surface area contributed by atoms with E-state index in [2.05, 4.69) is 5.10 Å². The zero-order valence-electron chi connectivity index (χ0n) is 16.2. The van der Waals surface area contributed by atoms with Crippen LogP contribution in [0.4, 0.5) is 0 Å². The fourth-order valence-electron chi connectivity index (χ4n) is 3.37. The lowest BCUT2D eigenvalue weighted by molar-refractivity contribution is -0.119. The van der Waals surface area contributed by atoms with Crippen LogP contribution in [0.15, 0.2) is 53.3 Å². The predicted octanol–water partition coefficient (Wildman–Crippen LogP) is 3.91. The summed E-state index contributed by atoms with van der Waals surface area (Å²) in [7, 11) is 1.62. The number of ether oxygens (including phenoxy) is 1. The molecule has 6 nitrogen and oxygen atoms in total. The highest BCUT2D eigenvalue weighted by Crippen LogP contribution is 2.36. The lowest BCUT2D eigenvalue weighted by Gasteiger charge is -2.04. The molecule has 0 spiro atoms. The van der Waals surface area contributed by atoms with E-state index in [-0.39, 0.29) is 24.1 Å². The second kappa shape index (κ2) is 8.25. The number of Topliss-reactive ketones (excluding diaryl/α,β-unsaturated/α-hetero) is 1. The smallest absolute Gasteiger partial charge is 0.346 e. The van der Waals surface area contributed by atoms with Crippen molar-refractivity contribution < 1.29 is 9.53 Å². The van der Waals surface area contributed by atoms with Gasteiger partial charge in [0.05, 0.1) is 7.11 Å². The molecular formula is C22H22ClN3O3. The van der Waals surface area contributed by atoms with Gasteiger partial charge in [0.1, 0.15) is 12.3 Å². The summed E-state index contributed by atoms with van der Waals surface area (Å²) in [5, 5.41) is 5.06. The molecule has 1 aromatic heterocycles. The quantitative estimate of drug-likeness (QED) is 0.563. The molecule has 2 aromatic carbocycles. The Hall–Kier alpha value is -2.86. The summed E-state index contributed by atoms with van der Waals surface area (Å²) >= 11 is 6.11. The van der Waals surface area contributed by atoms with Crippen molar-refractivity contribution in [3.8, 4) is 17.1 Å². The molecule has 150 valence electrons. The number of rotatable bonds is 8. The third-order valence-corrected chi connectivity index (χ3v) is 5.25. The van der Waals surface area contributed by atoms with Crippen LogP contribution in [-0.2, 0) is 17.8 Å². The zero-order chi connectivity index (χ0) is 20.4. The summed E-state index contributed by atoms with van der Waals surface area (Å²) in [5.74, 6) is 1.30. The van der Waals surface area contributed by atoms with Crippen LogP contribution in [0.3, 0.4) is 0 Å². The Morgan fingerprint density at radius 1 is 1.21 bits per heavy atom. The van der Waals surface area contributed by atoms with E-state index in [1.807, 2.05) is 36.4 Å². The number of nitrogens with zero attached hydrogens (tertiary/aromatic N) is 3. The first-order valence-corrected chi connectivity index (χ1v) is 10.0. The average molecular weight is 412 g/mol. The van der Waals surface area contributed by atoms with Crippen LogP contribution in [0.2, 0.25) is 5.02 Å². The molecule has 1 heterocycles. The van der Waals surface area contributed by atoms with Crippen molar-refractivity contribution in [3.05, 3.63) is 69.6 Å². The van der Waals surface area contributed by atoms with Crippen molar-refractivity contribution >= 4 is 17.4 Å². The summed E-state index contributed by atoms with van der Waals surface area (Å²) in [4.78, 5) is 25.4. The van der Waals surface area contributed by atoms with Gasteiger partial charge >= 0.3 is 5.69 Å². The molecule has 4 rings (SSSR count). The Labute approximate surface area is 173 Å². The largest absolute Gasteiger partial charge is 0.497 e. The lowest BCUT2D eigenvalue weighted by Crippen LogP contribution is -2.27. The number of halogens is 1. The van der Waals surface area contributed by atoms with Gasteiger partial charge in [-0.1, -0.05) is 35.9 Å². The van der Waals surface area contributed by atoms with Crippen molar-refractivity contribution in [1.29, 1.82) is 0 Å². The van der Waals surface area contributed by atoms with Gasteiger partial charge in [-0.2, -0.15) is 0 Å². The minimum Gasteiger partial charge on any atom is -0.497 e. The minimum atomic E-state index is -0.239. The van der Waals surface area contributed by atoms with Crippen LogP contribution in [0.25, 0.3) is 11.4 Å². The van der Waals surface area contributed by atoms with Gasteiger partial charge in [-0.25, -0.2) is 9.48 Å². The maximum absolute atomic E-state index is 12.9. The molecule has 0 atom stereocenters. The van der Waals surface area contributed by atoms with Gasteiger partial charge in [0.25, 0.3) is 0 Å². The number of methoxy groups -OCH3 is 1. The summed E-state index contributed by atoms with van der Waals surface area (Å²) in [6, 6.07) is 15.1. The second-order valence-corrected chi connectivity index (χ2v) is 7.70. The summed E-state index contributed by atoms with van der Waals surface area (Å²) in [6.07, 6.45) is 2.82. The Bertz CT molecular complexity index is 1100. The monoisotopic (exact) mass is 411 g/mol. The van der Waals surface area contributed by atoms with E-state index in [9.17, 15) is 9.59 Å². The number of hydrogen-bond donors (Lipinski definition) is 0. The van der Waals surface area contributed by atoms with E-state index < -0.39 is 0 Å². The van der Waals surface area contributed by atoms with Crippen LogP contribution in [0.5, 0.6) is 5.75 Å². The summed E-state index contributed by atoms with van der Waals surface area (Å²) < 4.78 is 8.19. The molecule has 0 amide bonds. The Balaban J connectivity index is 1.52. The molecular weight excluding hydrogens is 390 g/mol. The van der Waals surface area contributed by atoms with Crippen LogP contribution in [0.1, 0.15) is 30.9 Å². The third-order valence-electron chi connectivity index (χ3n) is 5.02. The first kappa shape index (κ1) is 19.5. The maximum atomic E-state index is 12.9. The zero-order valence-corrected chi connectivity index (χ0v) is 16.9. The Kier molecular flexibility index (Phi) is 5.53. The summed E-state index contributed by atoms with van der Waals surface area (Å²) in [6.45, 7) is -0.0317. The number of aryl methyl sites for hydroxylation is 1. The molecule has 0 saturated heterocycles. The Morgan fingerprint density at radius 2 is 2.00 bits per heavy atom. The highest BCUT2D eigenvalue weighted by Gasteiger charge is 2.30. The first-order valence-electron chi connectivity index (χ1n) is 9.65. The number of ketones is 1. The van der Waals surface area contributed by atoms with E-state index in [1.54, 1.807) is 23.8 Å². The van der Waals surface area contributed by atoms with E-state index in [0.717, 1.165) is 29.7 Å². The number of hydrogen-bond acceptors (Lipinski definition) is 4. The molecule has 29 heavy (non-hydrogen) atoms. The van der Waals surface area contributed by atoms with Crippen molar-refractivity contribution in [3.63, 3.8) is 0 Å². The van der Waals surface area contributed by atoms with Crippen molar-refractivity contribution in [1.82, 2.24) is 14.3 Å². The SMILES string of the molecule is COc1cccc(CCC(=O)Cn2nc(-c3cccc(Cl)c3)n(C3CC3)c2=O)c1. The van der Waals surface area contributed by atoms with Crippen molar-refractivity contribution in [2.45, 2.75) is 38.3 Å². The molecule has 0 aliphatic heterocycles. The molecule has 0 bridgehead atoms. The van der Waals surface area contributed by atoms with Gasteiger partial charge in [-0.05, 0) is 49.1 Å². The topological polar surface area (TPSA) is 66.1 Å². The first-order chi connectivity index (χ1) is 14.0. The molecule has 1 fully saturated rings. The fraction of sp³-hybridized carbons (Fsp3) is 0.318. The standard InChI is InChI=1S/C22H22ClN3O3/c1-29-20-7-2-4-15(12-20)8-11-19(27)14-25-22(28)26(18-9-10-18)21(24-25)16-5-3-6-17(23)13-16/h2-7,12-13,18H,8-11,14H2,1H3. The average Bonchev–Trinajstić information content (AvgIpc) is 3.51. The van der Waals surface area contributed by atoms with Gasteiger partial charge in [0.15, 0.2) is 11.6 Å². The molecule has 0 unspecified atom stereocenters. The van der Waals surface area contributed by atoms with Crippen LogP contribution in [-0.4, -0.2) is 27.2 Å². The lowest BCUT2D eigenvalue weighted by atomic mass is 10.1. The van der Waals surface area contributed by atoms with Gasteiger partial charge in [0.2, 0.25) is 0 Å². The number of benzene rings is 2. The maximum Gasteiger partial charge on any atom is 0.346 e. The van der Waals surface area contributed by atoms with E-state index in [0.29, 0.717) is 23.7 Å². The molecule has 0 radical (unpaired) electrons. The van der Waals surface area contributed by atoms with Crippen molar-refractivity contribution in [2.75, 3.05) is 7.11 Å². The predicted molar refractivity (Wildman–Crippen MR) is 112 cm³/mol. The van der Waals surface area contributed by atoms with Gasteiger partial charge < -0.3 is 4.74 Å². The van der Waals surface area contributed by atoms with Crippen LogP contribution < -0.4 is 10.4 Å². The molecule has 3 aromatic rings. The van der Waals surface area contributed by atoms with Gasteiger partial charge in [-0.3, -0.25) is 9.36 Å². The number of carbonyl (C=O) groups excluding carboxylic acids is 1. The minimum absolute atomic E-state index is 0.0317. The molecule has 1 aliphatic rings. The highest BCUT2D eigenvalue weighted by molar-refractivity contribution is 6.30.